The molecular formula is C7H13Cl2N5. The molecule has 1 N–H and O–H groups in total. The fourth-order valence-corrected chi connectivity index (χ4v) is 1.33. The third-order valence-electron chi connectivity index (χ3n) is 1.97. The van der Waals surface area contributed by atoms with Crippen LogP contribution in [0.1, 0.15) is 12.2 Å². The second-order valence-electron chi connectivity index (χ2n) is 2.81. The number of aromatic nitrogens is 4. The second-order valence-corrected chi connectivity index (χ2v) is 2.81. The molecule has 0 amide bonds. The molecule has 1 aromatic rings. The van der Waals surface area contributed by atoms with Crippen molar-refractivity contribution in [3.8, 4) is 0 Å². The Balaban J connectivity index is 0.000000845. The fraction of sp³-hybridized carbons (Fsp3) is 0.571. The molecule has 0 unspecified atom stereocenters. The van der Waals surface area contributed by atoms with E-state index in [9.17, 15) is 0 Å². The maximum Gasteiger partial charge on any atom is 0.177 e. The summed E-state index contributed by atoms with van der Waals surface area (Å²) < 4.78 is 1.71. The molecular weight excluding hydrogens is 225 g/mol. The molecule has 0 aromatic carbocycles. The first-order valence-corrected chi connectivity index (χ1v) is 4.00. The smallest absolute Gasteiger partial charge is 0.177 e. The van der Waals surface area contributed by atoms with Crippen LogP contribution in [0, 0.1) is 0 Å². The van der Waals surface area contributed by atoms with Crippen LogP contribution in [0.25, 0.3) is 5.57 Å². The molecule has 0 radical (unpaired) electrons. The lowest BCUT2D eigenvalue weighted by Gasteiger charge is -2.11. The van der Waals surface area contributed by atoms with E-state index in [4.69, 9.17) is 0 Å². The van der Waals surface area contributed by atoms with Gasteiger partial charge >= 0.3 is 0 Å². The van der Waals surface area contributed by atoms with Gasteiger partial charge in [-0.1, -0.05) is 6.08 Å². The molecule has 0 atom stereocenters. The van der Waals surface area contributed by atoms with E-state index in [0.29, 0.717) is 0 Å². The van der Waals surface area contributed by atoms with Gasteiger partial charge in [-0.05, 0) is 29.0 Å². The fourth-order valence-electron chi connectivity index (χ4n) is 1.33. The minimum atomic E-state index is 0. The Kier molecular flexibility index (Phi) is 5.68. The van der Waals surface area contributed by atoms with E-state index < -0.39 is 0 Å². The molecule has 0 bridgehead atoms. The summed E-state index contributed by atoms with van der Waals surface area (Å²) in [5, 5.41) is 14.6. The van der Waals surface area contributed by atoms with E-state index in [1.54, 1.807) is 4.68 Å². The maximum atomic E-state index is 3.95. The van der Waals surface area contributed by atoms with Crippen molar-refractivity contribution in [2.24, 2.45) is 7.05 Å². The lowest BCUT2D eigenvalue weighted by Crippen LogP contribution is -2.21. The minimum Gasteiger partial charge on any atom is -0.313 e. The highest BCUT2D eigenvalue weighted by Crippen LogP contribution is 2.14. The van der Waals surface area contributed by atoms with Gasteiger partial charge in [0.1, 0.15) is 0 Å². The zero-order valence-electron chi connectivity index (χ0n) is 7.80. The van der Waals surface area contributed by atoms with Crippen LogP contribution >= 0.6 is 24.8 Å². The summed E-state index contributed by atoms with van der Waals surface area (Å²) in [7, 11) is 1.86. The molecule has 14 heavy (non-hydrogen) atoms. The molecule has 7 heteroatoms. The Bertz CT molecular complexity index is 309. The van der Waals surface area contributed by atoms with Crippen molar-refractivity contribution in [1.82, 2.24) is 25.5 Å². The molecule has 1 aliphatic heterocycles. The Hall–Kier alpha value is -0.650. The molecule has 0 spiro atoms. The zero-order chi connectivity index (χ0) is 8.39. The summed E-state index contributed by atoms with van der Waals surface area (Å²) in [6.07, 6.45) is 3.14. The molecule has 0 saturated heterocycles. The summed E-state index contributed by atoms with van der Waals surface area (Å²) in [6.45, 7) is 1.93. The van der Waals surface area contributed by atoms with Crippen LogP contribution in [-0.2, 0) is 7.05 Å². The predicted octanol–water partition coefficient (Wildman–Crippen LogP) is 0.430. The Labute approximate surface area is 94.8 Å². The van der Waals surface area contributed by atoms with Crippen molar-refractivity contribution in [3.05, 3.63) is 11.9 Å². The van der Waals surface area contributed by atoms with Crippen molar-refractivity contribution >= 4 is 30.4 Å². The largest absolute Gasteiger partial charge is 0.313 e. The molecule has 2 rings (SSSR count). The summed E-state index contributed by atoms with van der Waals surface area (Å²) >= 11 is 0. The van der Waals surface area contributed by atoms with Crippen LogP contribution in [0.3, 0.4) is 0 Å². The van der Waals surface area contributed by atoms with Gasteiger partial charge in [0, 0.05) is 13.6 Å². The van der Waals surface area contributed by atoms with E-state index in [1.165, 1.54) is 5.57 Å². The molecule has 0 fully saturated rings. The normalized spacial score (nSPS) is 15.1. The molecule has 0 saturated carbocycles. The highest BCUT2D eigenvalue weighted by molar-refractivity contribution is 5.85. The summed E-state index contributed by atoms with van der Waals surface area (Å²) in [4.78, 5) is 0. The Morgan fingerprint density at radius 2 is 2.21 bits per heavy atom. The van der Waals surface area contributed by atoms with Crippen molar-refractivity contribution in [1.29, 1.82) is 0 Å². The number of nitrogens with zero attached hydrogens (tertiary/aromatic N) is 4. The summed E-state index contributed by atoms with van der Waals surface area (Å²) in [5.41, 5.74) is 1.24. The van der Waals surface area contributed by atoms with Gasteiger partial charge < -0.3 is 5.32 Å². The van der Waals surface area contributed by atoms with Gasteiger partial charge in [-0.15, -0.1) is 29.9 Å². The van der Waals surface area contributed by atoms with E-state index in [1.807, 2.05) is 7.05 Å². The van der Waals surface area contributed by atoms with E-state index in [2.05, 4.69) is 26.9 Å². The lowest BCUT2D eigenvalue weighted by atomic mass is 10.1. The van der Waals surface area contributed by atoms with E-state index in [-0.39, 0.29) is 24.8 Å². The van der Waals surface area contributed by atoms with Gasteiger partial charge in [-0.25, -0.2) is 4.68 Å². The number of aryl methyl sites for hydroxylation is 1. The Morgan fingerprint density at radius 1 is 1.43 bits per heavy atom. The Morgan fingerprint density at radius 3 is 2.71 bits per heavy atom. The van der Waals surface area contributed by atoms with Gasteiger partial charge in [-0.2, -0.15) is 0 Å². The molecule has 1 aromatic heterocycles. The number of halogens is 2. The van der Waals surface area contributed by atoms with Crippen LogP contribution < -0.4 is 5.32 Å². The lowest BCUT2D eigenvalue weighted by molar-refractivity contribution is 0.691. The van der Waals surface area contributed by atoms with Crippen LogP contribution in [-0.4, -0.2) is 33.3 Å². The van der Waals surface area contributed by atoms with E-state index >= 15 is 0 Å². The van der Waals surface area contributed by atoms with Crippen molar-refractivity contribution in [2.75, 3.05) is 13.1 Å². The summed E-state index contributed by atoms with van der Waals surface area (Å²) in [6, 6.07) is 0. The predicted molar refractivity (Wildman–Crippen MR) is 58.8 cm³/mol. The third-order valence-corrected chi connectivity index (χ3v) is 1.97. The molecule has 80 valence electrons. The van der Waals surface area contributed by atoms with Gasteiger partial charge in [0.15, 0.2) is 5.82 Å². The van der Waals surface area contributed by atoms with Crippen LogP contribution in [0.2, 0.25) is 0 Å². The standard InChI is InChI=1S/C7H11N5.2ClH/c1-12-7(9-10-11-12)6-2-4-8-5-3-6;;/h2,8H,3-5H2,1H3;2*1H. The highest BCUT2D eigenvalue weighted by atomic mass is 35.5. The van der Waals surface area contributed by atoms with Gasteiger partial charge in [0.2, 0.25) is 0 Å². The third kappa shape index (κ3) is 2.67. The van der Waals surface area contributed by atoms with Gasteiger partial charge in [0.25, 0.3) is 0 Å². The molecule has 5 nitrogen and oxygen atoms in total. The van der Waals surface area contributed by atoms with Gasteiger partial charge in [-0.3, -0.25) is 0 Å². The first-order chi connectivity index (χ1) is 5.88. The van der Waals surface area contributed by atoms with Crippen LogP contribution in [0.5, 0.6) is 0 Å². The van der Waals surface area contributed by atoms with Crippen LogP contribution in [0.15, 0.2) is 6.08 Å². The summed E-state index contributed by atoms with van der Waals surface area (Å²) in [5.74, 6) is 0.886. The van der Waals surface area contributed by atoms with Crippen molar-refractivity contribution < 1.29 is 0 Å². The molecule has 0 aliphatic carbocycles. The average Bonchev–Trinajstić information content (AvgIpc) is 2.53. The van der Waals surface area contributed by atoms with Crippen molar-refractivity contribution in [2.45, 2.75) is 6.42 Å². The first kappa shape index (κ1) is 13.4. The number of hydrogen-bond donors (Lipinski definition) is 1. The topological polar surface area (TPSA) is 55.6 Å². The van der Waals surface area contributed by atoms with E-state index in [0.717, 1.165) is 25.3 Å². The number of tetrazole rings is 1. The second kappa shape index (κ2) is 5.95. The monoisotopic (exact) mass is 237 g/mol. The maximum absolute atomic E-state index is 3.95. The highest BCUT2D eigenvalue weighted by Gasteiger charge is 2.10. The number of hydrogen-bond acceptors (Lipinski definition) is 4. The van der Waals surface area contributed by atoms with Crippen LogP contribution in [0.4, 0.5) is 0 Å². The minimum absolute atomic E-state index is 0. The molecule has 2 heterocycles. The van der Waals surface area contributed by atoms with Gasteiger partial charge in [0.05, 0.1) is 0 Å². The number of nitrogens with one attached hydrogen (secondary N) is 1. The zero-order valence-corrected chi connectivity index (χ0v) is 9.44. The number of rotatable bonds is 1. The average molecular weight is 238 g/mol. The SMILES string of the molecule is Cl.Cl.Cn1nnnc1C1=CCNCC1. The van der Waals surface area contributed by atoms with Crippen molar-refractivity contribution in [3.63, 3.8) is 0 Å². The molecule has 1 aliphatic rings. The quantitative estimate of drug-likeness (QED) is 0.770. The first-order valence-electron chi connectivity index (χ1n) is 4.00.